The van der Waals surface area contributed by atoms with Gasteiger partial charge >= 0.3 is 0 Å². The maximum atomic E-state index is 13.1. The van der Waals surface area contributed by atoms with Gasteiger partial charge in [0.05, 0.1) is 42.4 Å². The second kappa shape index (κ2) is 7.09. The summed E-state index contributed by atoms with van der Waals surface area (Å²) in [6.07, 6.45) is 2.51. The molecule has 2 aromatic heterocycles. The number of hydrogen-bond donors (Lipinski definition) is 1. The molecule has 0 bridgehead atoms. The van der Waals surface area contributed by atoms with E-state index < -0.39 is 0 Å². The summed E-state index contributed by atoms with van der Waals surface area (Å²) in [7, 11) is 1.66. The summed E-state index contributed by atoms with van der Waals surface area (Å²) < 4.78 is 7.25. The Balaban J connectivity index is 1.40. The van der Waals surface area contributed by atoms with Gasteiger partial charge in [0.1, 0.15) is 5.75 Å². The highest BCUT2D eigenvalue weighted by atomic mass is 16.5. The first-order valence-electron chi connectivity index (χ1n) is 9.65. The number of ether oxygens (including phenoxy) is 1. The van der Waals surface area contributed by atoms with Gasteiger partial charge in [-0.3, -0.25) is 9.48 Å². The smallest absolute Gasteiger partial charge is 0.254 e. The maximum absolute atomic E-state index is 13.1. The Hall–Kier alpha value is -3.61. The van der Waals surface area contributed by atoms with Crippen molar-refractivity contribution in [3.8, 4) is 17.0 Å². The van der Waals surface area contributed by atoms with Crippen LogP contribution in [0, 0.1) is 0 Å². The minimum atomic E-state index is 0.0298. The van der Waals surface area contributed by atoms with Crippen molar-refractivity contribution in [3.05, 3.63) is 66.1 Å². The number of nitrogens with one attached hydrogen (secondary N) is 1. The lowest BCUT2D eigenvalue weighted by molar-refractivity contribution is 0.0746. The largest absolute Gasteiger partial charge is 0.497 e. The third-order valence-corrected chi connectivity index (χ3v) is 5.35. The van der Waals surface area contributed by atoms with Crippen molar-refractivity contribution < 1.29 is 9.53 Å². The molecule has 0 unspecified atom stereocenters. The van der Waals surface area contributed by atoms with Gasteiger partial charge in [-0.15, -0.1) is 0 Å². The van der Waals surface area contributed by atoms with Crippen molar-refractivity contribution in [2.45, 2.75) is 19.5 Å². The number of H-pyrrole nitrogens is 1. The number of nitrogens with zero attached hydrogens (tertiary/aromatic N) is 4. The van der Waals surface area contributed by atoms with Crippen molar-refractivity contribution in [3.63, 3.8) is 0 Å². The average molecular weight is 387 g/mol. The molecule has 5 rings (SSSR count). The van der Waals surface area contributed by atoms with Gasteiger partial charge < -0.3 is 14.6 Å². The Labute approximate surface area is 167 Å². The molecule has 2 aromatic carbocycles. The number of aromatic amines is 1. The van der Waals surface area contributed by atoms with Crippen molar-refractivity contribution >= 4 is 16.9 Å². The highest BCUT2D eigenvalue weighted by Gasteiger charge is 2.22. The first-order valence-corrected chi connectivity index (χ1v) is 9.65. The molecule has 0 spiro atoms. The van der Waals surface area contributed by atoms with Crippen LogP contribution in [-0.4, -0.2) is 44.2 Å². The topological polar surface area (TPSA) is 76.0 Å². The first kappa shape index (κ1) is 17.5. The molecule has 0 saturated heterocycles. The van der Waals surface area contributed by atoms with Crippen LogP contribution in [0.3, 0.4) is 0 Å². The monoisotopic (exact) mass is 387 g/mol. The number of aryl methyl sites for hydroxylation is 1. The van der Waals surface area contributed by atoms with Crippen molar-refractivity contribution in [2.24, 2.45) is 0 Å². The van der Waals surface area contributed by atoms with E-state index in [-0.39, 0.29) is 5.91 Å². The van der Waals surface area contributed by atoms with Crippen LogP contribution in [0.4, 0.5) is 0 Å². The van der Waals surface area contributed by atoms with Crippen molar-refractivity contribution in [2.75, 3.05) is 13.7 Å². The summed E-state index contributed by atoms with van der Waals surface area (Å²) in [5, 5.41) is 4.76. The number of methoxy groups -OCH3 is 1. The van der Waals surface area contributed by atoms with Crippen LogP contribution in [0.25, 0.3) is 22.3 Å². The Morgan fingerprint density at radius 1 is 1.10 bits per heavy atom. The zero-order valence-corrected chi connectivity index (χ0v) is 16.1. The molecule has 3 heterocycles. The average Bonchev–Trinajstić information content (AvgIpc) is 3.34. The van der Waals surface area contributed by atoms with E-state index in [0.717, 1.165) is 46.7 Å². The van der Waals surface area contributed by atoms with Gasteiger partial charge in [0.15, 0.2) is 0 Å². The third-order valence-electron chi connectivity index (χ3n) is 5.35. The van der Waals surface area contributed by atoms with E-state index in [1.54, 1.807) is 13.4 Å². The number of hydrogen-bond acceptors (Lipinski definition) is 4. The molecule has 146 valence electrons. The second-order valence-electron chi connectivity index (χ2n) is 7.19. The molecule has 1 aliphatic rings. The van der Waals surface area contributed by atoms with Crippen LogP contribution >= 0.6 is 0 Å². The van der Waals surface area contributed by atoms with Gasteiger partial charge in [-0.1, -0.05) is 0 Å². The quantitative estimate of drug-likeness (QED) is 0.584. The molecule has 1 aliphatic heterocycles. The fourth-order valence-corrected chi connectivity index (χ4v) is 3.79. The van der Waals surface area contributed by atoms with Gasteiger partial charge in [-0.2, -0.15) is 5.10 Å². The number of rotatable bonds is 3. The molecule has 29 heavy (non-hydrogen) atoms. The summed E-state index contributed by atoms with van der Waals surface area (Å²) in [4.78, 5) is 22.3. The van der Waals surface area contributed by atoms with Gasteiger partial charge in [-0.25, -0.2) is 4.98 Å². The maximum Gasteiger partial charge on any atom is 0.254 e. The fraction of sp³-hybridized carbons (Fsp3) is 0.227. The predicted molar refractivity (Wildman–Crippen MR) is 110 cm³/mol. The minimum absolute atomic E-state index is 0.0298. The van der Waals surface area contributed by atoms with Gasteiger partial charge in [0.2, 0.25) is 0 Å². The lowest BCUT2D eigenvalue weighted by Gasteiger charge is -2.20. The molecule has 0 atom stereocenters. The Bertz CT molecular complexity index is 1180. The van der Waals surface area contributed by atoms with E-state index in [1.807, 2.05) is 52.0 Å². The van der Waals surface area contributed by atoms with E-state index in [2.05, 4.69) is 16.0 Å². The number of amides is 1. The first-order chi connectivity index (χ1) is 14.2. The molecular formula is C22H21N5O2. The third kappa shape index (κ3) is 3.24. The van der Waals surface area contributed by atoms with Crippen LogP contribution in [0.2, 0.25) is 0 Å². The van der Waals surface area contributed by atoms with Gasteiger partial charge in [0, 0.05) is 24.2 Å². The highest BCUT2D eigenvalue weighted by Crippen LogP contribution is 2.25. The normalized spacial score (nSPS) is 13.9. The number of carbonyl (C=O) groups is 1. The summed E-state index contributed by atoms with van der Waals surface area (Å²) in [5.41, 5.74) is 5.40. The molecule has 0 aliphatic carbocycles. The zero-order valence-electron chi connectivity index (χ0n) is 16.1. The zero-order chi connectivity index (χ0) is 19.8. The van der Waals surface area contributed by atoms with Crippen molar-refractivity contribution in [1.29, 1.82) is 0 Å². The minimum Gasteiger partial charge on any atom is -0.497 e. The summed E-state index contributed by atoms with van der Waals surface area (Å²) >= 11 is 0. The van der Waals surface area contributed by atoms with Crippen LogP contribution in [0.5, 0.6) is 5.75 Å². The van der Waals surface area contributed by atoms with Crippen LogP contribution in [0.15, 0.2) is 54.9 Å². The van der Waals surface area contributed by atoms with E-state index in [4.69, 9.17) is 9.84 Å². The van der Waals surface area contributed by atoms with Crippen LogP contribution in [0.1, 0.15) is 22.5 Å². The van der Waals surface area contributed by atoms with E-state index in [1.165, 1.54) is 0 Å². The molecule has 0 fully saturated rings. The molecule has 4 aromatic rings. The van der Waals surface area contributed by atoms with E-state index >= 15 is 0 Å². The lowest BCUT2D eigenvalue weighted by atomic mass is 10.1. The lowest BCUT2D eigenvalue weighted by Crippen LogP contribution is -2.30. The van der Waals surface area contributed by atoms with Gasteiger partial charge in [-0.05, 0) is 55.0 Å². The summed E-state index contributed by atoms with van der Waals surface area (Å²) in [6, 6.07) is 15.5. The molecular weight excluding hydrogens is 366 g/mol. The van der Waals surface area contributed by atoms with E-state index in [0.29, 0.717) is 18.7 Å². The molecule has 1 N–H and O–H groups in total. The molecule has 7 heteroatoms. The number of benzene rings is 2. The van der Waals surface area contributed by atoms with Gasteiger partial charge in [0.25, 0.3) is 5.91 Å². The Kier molecular flexibility index (Phi) is 4.27. The Morgan fingerprint density at radius 2 is 1.97 bits per heavy atom. The Morgan fingerprint density at radius 3 is 2.79 bits per heavy atom. The van der Waals surface area contributed by atoms with Crippen LogP contribution < -0.4 is 4.74 Å². The fourth-order valence-electron chi connectivity index (χ4n) is 3.79. The highest BCUT2D eigenvalue weighted by molar-refractivity contribution is 5.97. The van der Waals surface area contributed by atoms with Crippen molar-refractivity contribution in [1.82, 2.24) is 24.6 Å². The SMILES string of the molecule is COc1ccc(-c2cc3n(n2)CCCN(C(=O)c2ccc4nc[nH]c4c2)C3)cc1. The summed E-state index contributed by atoms with van der Waals surface area (Å²) in [6.45, 7) is 2.05. The van der Waals surface area contributed by atoms with E-state index in [9.17, 15) is 4.79 Å². The molecule has 7 nitrogen and oxygen atoms in total. The van der Waals surface area contributed by atoms with Crippen LogP contribution in [-0.2, 0) is 13.1 Å². The summed E-state index contributed by atoms with van der Waals surface area (Å²) in [5.74, 6) is 0.850. The predicted octanol–water partition coefficient (Wildman–Crippen LogP) is 3.48. The molecule has 0 saturated carbocycles. The standard InChI is InChI=1S/C22H21N5O2/c1-29-18-6-3-15(4-7-18)20-12-17-13-26(9-2-10-27(17)25-20)22(28)16-5-8-19-21(11-16)24-14-23-19/h3-8,11-12,14H,2,9-10,13H2,1H3,(H,23,24). The second-order valence-corrected chi connectivity index (χ2v) is 7.19. The number of imidazole rings is 1. The number of carbonyl (C=O) groups excluding carboxylic acids is 1. The molecule has 1 amide bonds. The number of fused-ring (bicyclic) bond motifs is 2. The number of aromatic nitrogens is 4. The molecule has 0 radical (unpaired) electrons.